The molecule has 0 aliphatic heterocycles. The fourth-order valence-electron chi connectivity index (χ4n) is 1.33. The summed E-state index contributed by atoms with van der Waals surface area (Å²) in [5, 5.41) is 13.1. The second-order valence-electron chi connectivity index (χ2n) is 3.70. The maximum atomic E-state index is 9.02. The Hall–Kier alpha value is -0.940. The van der Waals surface area contributed by atoms with E-state index >= 15 is 0 Å². The molecule has 0 aliphatic rings. The lowest BCUT2D eigenvalue weighted by atomic mass is 10.1. The van der Waals surface area contributed by atoms with E-state index in [0.717, 1.165) is 5.82 Å². The van der Waals surface area contributed by atoms with Gasteiger partial charge in [-0.05, 0) is 20.4 Å². The lowest BCUT2D eigenvalue weighted by molar-refractivity contribution is 0.226. The van der Waals surface area contributed by atoms with Crippen molar-refractivity contribution in [3.05, 3.63) is 12.2 Å². The zero-order chi connectivity index (χ0) is 10.6. The van der Waals surface area contributed by atoms with Gasteiger partial charge < -0.3 is 10.8 Å². The van der Waals surface area contributed by atoms with Gasteiger partial charge in [0.15, 0.2) is 0 Å². The quantitative estimate of drug-likeness (QED) is 0.696. The number of rotatable bonds is 5. The highest BCUT2D eigenvalue weighted by Gasteiger charge is 2.13. The fourth-order valence-corrected chi connectivity index (χ4v) is 1.33. The Morgan fingerprint density at radius 2 is 2.29 bits per heavy atom. The highest BCUT2D eigenvalue weighted by Crippen LogP contribution is 2.09. The van der Waals surface area contributed by atoms with Gasteiger partial charge in [0.1, 0.15) is 12.2 Å². The normalized spacial score (nSPS) is 13.5. The van der Waals surface area contributed by atoms with Crippen molar-refractivity contribution >= 4 is 0 Å². The van der Waals surface area contributed by atoms with Crippen molar-refractivity contribution in [3.63, 3.8) is 0 Å². The van der Waals surface area contributed by atoms with Crippen molar-refractivity contribution in [2.75, 3.05) is 13.2 Å². The average molecular weight is 198 g/mol. The van der Waals surface area contributed by atoms with Crippen LogP contribution in [0.25, 0.3) is 0 Å². The van der Waals surface area contributed by atoms with Gasteiger partial charge in [0.25, 0.3) is 0 Å². The molecule has 5 nitrogen and oxygen atoms in total. The summed E-state index contributed by atoms with van der Waals surface area (Å²) in [5.74, 6) is 0.973. The van der Waals surface area contributed by atoms with Crippen molar-refractivity contribution in [2.24, 2.45) is 11.7 Å². The summed E-state index contributed by atoms with van der Waals surface area (Å²) in [6.07, 6.45) is 2.23. The van der Waals surface area contributed by atoms with Crippen LogP contribution in [-0.4, -0.2) is 33.0 Å². The maximum Gasteiger partial charge on any atom is 0.138 e. The standard InChI is InChI=1S/C9H18N4O/c1-7(2)13-9(11-6-12-13)3-8(4-10)5-14/h6-8,14H,3-5,10H2,1-2H3. The average Bonchev–Trinajstić information content (AvgIpc) is 2.62. The number of hydrogen-bond acceptors (Lipinski definition) is 4. The number of aliphatic hydroxyl groups is 1. The number of hydrogen-bond donors (Lipinski definition) is 2. The third-order valence-electron chi connectivity index (χ3n) is 2.20. The minimum Gasteiger partial charge on any atom is -0.396 e. The summed E-state index contributed by atoms with van der Waals surface area (Å²) in [4.78, 5) is 4.16. The van der Waals surface area contributed by atoms with E-state index in [4.69, 9.17) is 10.8 Å². The molecular formula is C9H18N4O. The van der Waals surface area contributed by atoms with E-state index in [1.807, 2.05) is 4.68 Å². The molecule has 1 unspecified atom stereocenters. The Balaban J connectivity index is 2.70. The first-order chi connectivity index (χ1) is 6.69. The van der Waals surface area contributed by atoms with Crippen molar-refractivity contribution in [1.82, 2.24) is 14.8 Å². The van der Waals surface area contributed by atoms with E-state index < -0.39 is 0 Å². The molecule has 0 radical (unpaired) electrons. The van der Waals surface area contributed by atoms with Gasteiger partial charge in [-0.3, -0.25) is 0 Å². The molecule has 80 valence electrons. The molecule has 1 aromatic rings. The molecule has 0 amide bonds. The van der Waals surface area contributed by atoms with E-state index in [1.54, 1.807) is 6.33 Å². The van der Waals surface area contributed by atoms with Crippen LogP contribution in [0.1, 0.15) is 25.7 Å². The highest BCUT2D eigenvalue weighted by atomic mass is 16.3. The summed E-state index contributed by atoms with van der Waals surface area (Å²) in [5.41, 5.74) is 5.51. The van der Waals surface area contributed by atoms with E-state index in [2.05, 4.69) is 23.9 Å². The summed E-state index contributed by atoms with van der Waals surface area (Å²) >= 11 is 0. The van der Waals surface area contributed by atoms with Crippen molar-refractivity contribution in [3.8, 4) is 0 Å². The molecule has 0 bridgehead atoms. The predicted octanol–water partition coefficient (Wildman–Crippen LogP) is -0.0313. The summed E-state index contributed by atoms with van der Waals surface area (Å²) < 4.78 is 1.86. The molecule has 0 spiro atoms. The van der Waals surface area contributed by atoms with Gasteiger partial charge in [-0.2, -0.15) is 5.10 Å². The molecule has 14 heavy (non-hydrogen) atoms. The Labute approximate surface area is 83.9 Å². The van der Waals surface area contributed by atoms with Gasteiger partial charge in [0, 0.05) is 25.0 Å². The number of aliphatic hydroxyl groups excluding tert-OH is 1. The van der Waals surface area contributed by atoms with Crippen LogP contribution < -0.4 is 5.73 Å². The topological polar surface area (TPSA) is 77.0 Å². The van der Waals surface area contributed by atoms with Crippen LogP contribution in [0, 0.1) is 5.92 Å². The molecule has 0 fully saturated rings. The third-order valence-corrected chi connectivity index (χ3v) is 2.20. The summed E-state index contributed by atoms with van der Waals surface area (Å²) in [6, 6.07) is 0.296. The zero-order valence-electron chi connectivity index (χ0n) is 8.72. The van der Waals surface area contributed by atoms with E-state index in [9.17, 15) is 0 Å². The molecule has 0 aliphatic carbocycles. The Kier molecular flexibility index (Phi) is 4.03. The highest BCUT2D eigenvalue weighted by molar-refractivity contribution is 4.89. The van der Waals surface area contributed by atoms with Crippen LogP contribution in [0.3, 0.4) is 0 Å². The number of nitrogens with zero attached hydrogens (tertiary/aromatic N) is 3. The van der Waals surface area contributed by atoms with Crippen LogP contribution in [0.5, 0.6) is 0 Å². The van der Waals surface area contributed by atoms with Gasteiger partial charge in [0.2, 0.25) is 0 Å². The van der Waals surface area contributed by atoms with Gasteiger partial charge in [-0.15, -0.1) is 0 Å². The maximum absolute atomic E-state index is 9.02. The van der Waals surface area contributed by atoms with Crippen molar-refractivity contribution in [2.45, 2.75) is 26.3 Å². The minimum atomic E-state index is 0.0803. The first-order valence-corrected chi connectivity index (χ1v) is 4.88. The molecule has 1 atom stereocenters. The monoisotopic (exact) mass is 198 g/mol. The third kappa shape index (κ3) is 2.52. The van der Waals surface area contributed by atoms with Crippen molar-refractivity contribution in [1.29, 1.82) is 0 Å². The molecule has 0 aromatic carbocycles. The number of aromatic nitrogens is 3. The molecule has 1 heterocycles. The Morgan fingerprint density at radius 1 is 1.57 bits per heavy atom. The predicted molar refractivity (Wildman–Crippen MR) is 53.7 cm³/mol. The second-order valence-corrected chi connectivity index (χ2v) is 3.70. The molecular weight excluding hydrogens is 180 g/mol. The lowest BCUT2D eigenvalue weighted by Gasteiger charge is -2.13. The lowest BCUT2D eigenvalue weighted by Crippen LogP contribution is -2.22. The first-order valence-electron chi connectivity index (χ1n) is 4.88. The zero-order valence-corrected chi connectivity index (χ0v) is 8.72. The van der Waals surface area contributed by atoms with Gasteiger partial charge in [-0.1, -0.05) is 0 Å². The molecule has 3 N–H and O–H groups in total. The van der Waals surface area contributed by atoms with Crippen LogP contribution in [0.15, 0.2) is 6.33 Å². The van der Waals surface area contributed by atoms with Gasteiger partial charge in [0.05, 0.1) is 0 Å². The SMILES string of the molecule is CC(C)n1ncnc1CC(CN)CO. The van der Waals surface area contributed by atoms with E-state index in [1.165, 1.54) is 0 Å². The van der Waals surface area contributed by atoms with Crippen LogP contribution >= 0.6 is 0 Å². The fraction of sp³-hybridized carbons (Fsp3) is 0.778. The molecule has 1 rings (SSSR count). The second kappa shape index (κ2) is 5.07. The van der Waals surface area contributed by atoms with Crippen LogP contribution in [0.4, 0.5) is 0 Å². The first kappa shape index (κ1) is 11.1. The Morgan fingerprint density at radius 3 is 2.79 bits per heavy atom. The van der Waals surface area contributed by atoms with Crippen LogP contribution in [0.2, 0.25) is 0 Å². The molecule has 1 aromatic heterocycles. The van der Waals surface area contributed by atoms with E-state index in [-0.39, 0.29) is 12.5 Å². The molecule has 0 saturated heterocycles. The summed E-state index contributed by atoms with van der Waals surface area (Å²) in [6.45, 7) is 4.67. The largest absolute Gasteiger partial charge is 0.396 e. The molecule has 0 saturated carbocycles. The van der Waals surface area contributed by atoms with E-state index in [0.29, 0.717) is 19.0 Å². The summed E-state index contributed by atoms with van der Waals surface area (Å²) in [7, 11) is 0. The minimum absolute atomic E-state index is 0.0803. The molecule has 5 heteroatoms. The number of nitrogens with two attached hydrogens (primary N) is 1. The van der Waals surface area contributed by atoms with Crippen LogP contribution in [-0.2, 0) is 6.42 Å². The van der Waals surface area contributed by atoms with Gasteiger partial charge >= 0.3 is 0 Å². The Bertz CT molecular complexity index is 268. The smallest absolute Gasteiger partial charge is 0.138 e. The van der Waals surface area contributed by atoms with Gasteiger partial charge in [-0.25, -0.2) is 9.67 Å². The van der Waals surface area contributed by atoms with Crippen molar-refractivity contribution < 1.29 is 5.11 Å².